The van der Waals surface area contributed by atoms with Gasteiger partial charge in [0.25, 0.3) is 0 Å². The summed E-state index contributed by atoms with van der Waals surface area (Å²) in [4.78, 5) is 11.7. The number of carbonyl (C=O) groups is 1. The number of nitrogens with one attached hydrogen (secondary N) is 2. The van der Waals surface area contributed by atoms with Crippen molar-refractivity contribution in [1.29, 1.82) is 0 Å². The van der Waals surface area contributed by atoms with Crippen LogP contribution in [0.25, 0.3) is 0 Å². The third-order valence-electron chi connectivity index (χ3n) is 5.35. The van der Waals surface area contributed by atoms with E-state index in [-0.39, 0.29) is 10.8 Å². The second-order valence-electron chi connectivity index (χ2n) is 8.15. The highest BCUT2D eigenvalue weighted by Gasteiger charge is 2.16. The molecule has 0 aliphatic rings. The molecule has 0 atom stereocenters. The molecule has 0 aliphatic carbocycles. The summed E-state index contributed by atoms with van der Waals surface area (Å²) in [6.07, 6.45) is 13.2. The van der Waals surface area contributed by atoms with Crippen LogP contribution in [0.15, 0.2) is 35.1 Å². The molecule has 0 aromatic heterocycles. The van der Waals surface area contributed by atoms with Crippen LogP contribution in [0, 0.1) is 6.92 Å². The van der Waals surface area contributed by atoms with Crippen molar-refractivity contribution >= 4 is 21.7 Å². The van der Waals surface area contributed by atoms with Gasteiger partial charge in [0.2, 0.25) is 10.0 Å². The maximum Gasteiger partial charge on any atom is 0.335 e. The lowest BCUT2D eigenvalue weighted by Crippen LogP contribution is -2.25. The lowest BCUT2D eigenvalue weighted by molar-refractivity contribution is -0.135. The van der Waals surface area contributed by atoms with E-state index in [1.807, 2.05) is 6.92 Å². The molecule has 0 amide bonds. The average molecular weight is 483 g/mol. The normalized spacial score (nSPS) is 11.9. The zero-order chi connectivity index (χ0) is 24.5. The van der Waals surface area contributed by atoms with Crippen molar-refractivity contribution in [2.45, 2.75) is 89.9 Å². The van der Waals surface area contributed by atoms with Gasteiger partial charge in [-0.2, -0.15) is 0 Å². The first-order chi connectivity index (χ1) is 15.8. The minimum atomic E-state index is -3.63. The lowest BCUT2D eigenvalue weighted by Gasteiger charge is -2.15. The van der Waals surface area contributed by atoms with E-state index in [0.29, 0.717) is 18.8 Å². The number of anilines is 1. The number of carbonyl (C=O) groups excluding carboxylic acids is 1. The SMILES string of the molecule is CCCCCCCCCCCCNS(=O)(=O)c1ccc(C)c(NC(=CC(=O)OC)OCC)c1. The van der Waals surface area contributed by atoms with Crippen molar-refractivity contribution in [3.8, 4) is 0 Å². The molecule has 7 nitrogen and oxygen atoms in total. The molecular weight excluding hydrogens is 440 g/mol. The molecule has 0 fully saturated rings. The van der Waals surface area contributed by atoms with Crippen LogP contribution < -0.4 is 10.0 Å². The maximum absolute atomic E-state index is 12.7. The predicted molar refractivity (Wildman–Crippen MR) is 134 cm³/mol. The van der Waals surface area contributed by atoms with E-state index in [4.69, 9.17) is 4.74 Å². The van der Waals surface area contributed by atoms with Crippen LogP contribution in [0.4, 0.5) is 5.69 Å². The number of methoxy groups -OCH3 is 1. The number of unbranched alkanes of at least 4 members (excludes halogenated alkanes) is 9. The molecular formula is C25H42N2O5S. The molecule has 0 aliphatic heterocycles. The summed E-state index contributed by atoms with van der Waals surface area (Å²) >= 11 is 0. The molecule has 0 saturated carbocycles. The molecule has 1 aromatic carbocycles. The summed E-state index contributed by atoms with van der Waals surface area (Å²) < 4.78 is 38.2. The van der Waals surface area contributed by atoms with Gasteiger partial charge >= 0.3 is 5.97 Å². The van der Waals surface area contributed by atoms with Gasteiger partial charge in [0.15, 0.2) is 5.88 Å². The molecule has 0 heterocycles. The summed E-state index contributed by atoms with van der Waals surface area (Å²) in [5, 5.41) is 2.98. The fraction of sp³-hybridized carbons (Fsp3) is 0.640. The Hall–Kier alpha value is -2.06. The largest absolute Gasteiger partial charge is 0.479 e. The van der Waals surface area contributed by atoms with Crippen LogP contribution in [0.2, 0.25) is 0 Å². The fourth-order valence-corrected chi connectivity index (χ4v) is 4.47. The smallest absolute Gasteiger partial charge is 0.335 e. The topological polar surface area (TPSA) is 93.7 Å². The van der Waals surface area contributed by atoms with Gasteiger partial charge in [0, 0.05) is 12.2 Å². The highest BCUT2D eigenvalue weighted by molar-refractivity contribution is 7.89. The molecule has 8 heteroatoms. The van der Waals surface area contributed by atoms with Crippen LogP contribution in [0.5, 0.6) is 0 Å². The van der Waals surface area contributed by atoms with Crippen LogP contribution in [-0.4, -0.2) is 34.6 Å². The zero-order valence-corrected chi connectivity index (χ0v) is 21.6. The van der Waals surface area contributed by atoms with E-state index < -0.39 is 16.0 Å². The molecule has 0 spiro atoms. The van der Waals surface area contributed by atoms with E-state index >= 15 is 0 Å². The lowest BCUT2D eigenvalue weighted by atomic mass is 10.1. The standard InChI is InChI=1S/C25H42N2O5S/c1-5-7-8-9-10-11-12-13-14-15-18-26-33(29,30)22-17-16-21(3)23(19-22)27-24(32-6-2)20-25(28)31-4/h16-17,19-20,26-27H,5-15,18H2,1-4H3. The van der Waals surface area contributed by atoms with Crippen molar-refractivity contribution in [2.75, 3.05) is 25.6 Å². The highest BCUT2D eigenvalue weighted by Crippen LogP contribution is 2.22. The van der Waals surface area contributed by atoms with E-state index in [1.54, 1.807) is 25.1 Å². The van der Waals surface area contributed by atoms with Gasteiger partial charge in [0.1, 0.15) is 0 Å². The van der Waals surface area contributed by atoms with Gasteiger partial charge in [-0.25, -0.2) is 17.9 Å². The molecule has 188 valence electrons. The van der Waals surface area contributed by atoms with Crippen molar-refractivity contribution in [2.24, 2.45) is 0 Å². The Morgan fingerprint density at radius 3 is 2.15 bits per heavy atom. The Morgan fingerprint density at radius 2 is 1.58 bits per heavy atom. The van der Waals surface area contributed by atoms with Crippen LogP contribution >= 0.6 is 0 Å². The number of esters is 1. The molecule has 2 N–H and O–H groups in total. The Morgan fingerprint density at radius 1 is 0.970 bits per heavy atom. The highest BCUT2D eigenvalue weighted by atomic mass is 32.2. The van der Waals surface area contributed by atoms with E-state index in [1.165, 1.54) is 58.1 Å². The molecule has 0 radical (unpaired) electrons. The zero-order valence-electron chi connectivity index (χ0n) is 20.7. The van der Waals surface area contributed by atoms with Crippen LogP contribution in [0.3, 0.4) is 0 Å². The number of benzene rings is 1. The summed E-state index contributed by atoms with van der Waals surface area (Å²) in [7, 11) is -2.35. The Labute approximate surface area is 200 Å². The molecule has 0 saturated heterocycles. The van der Waals surface area contributed by atoms with Gasteiger partial charge in [-0.1, -0.05) is 70.8 Å². The van der Waals surface area contributed by atoms with Crippen LogP contribution in [0.1, 0.15) is 83.6 Å². The summed E-state index contributed by atoms with van der Waals surface area (Å²) in [6.45, 7) is 6.62. The van der Waals surface area contributed by atoms with Crippen molar-refractivity contribution < 1.29 is 22.7 Å². The van der Waals surface area contributed by atoms with Crippen molar-refractivity contribution in [3.63, 3.8) is 0 Å². The first-order valence-electron chi connectivity index (χ1n) is 12.1. The monoisotopic (exact) mass is 482 g/mol. The van der Waals surface area contributed by atoms with Gasteiger partial charge < -0.3 is 14.8 Å². The van der Waals surface area contributed by atoms with Gasteiger partial charge in [0.05, 0.1) is 24.7 Å². The number of hydrogen-bond donors (Lipinski definition) is 2. The molecule has 0 unspecified atom stereocenters. The second-order valence-corrected chi connectivity index (χ2v) is 9.91. The minimum Gasteiger partial charge on any atom is -0.479 e. The van der Waals surface area contributed by atoms with Crippen LogP contribution in [-0.2, 0) is 24.3 Å². The maximum atomic E-state index is 12.7. The minimum absolute atomic E-state index is 0.164. The Kier molecular flexibility index (Phi) is 14.5. The third kappa shape index (κ3) is 12.1. The molecule has 1 rings (SSSR count). The first-order valence-corrected chi connectivity index (χ1v) is 13.6. The van der Waals surface area contributed by atoms with E-state index in [9.17, 15) is 13.2 Å². The van der Waals surface area contributed by atoms with Crippen molar-refractivity contribution in [3.05, 3.63) is 35.7 Å². The second kappa shape index (κ2) is 16.5. The number of ether oxygens (including phenoxy) is 2. The van der Waals surface area contributed by atoms with Gasteiger partial charge in [-0.05, 0) is 38.0 Å². The summed E-state index contributed by atoms with van der Waals surface area (Å²) in [6, 6.07) is 4.84. The number of aryl methyl sites for hydroxylation is 1. The average Bonchev–Trinajstić information content (AvgIpc) is 2.78. The Bertz CT molecular complexity index is 837. The Balaban J connectivity index is 2.54. The van der Waals surface area contributed by atoms with E-state index in [0.717, 1.165) is 24.8 Å². The van der Waals surface area contributed by atoms with Gasteiger partial charge in [-0.3, -0.25) is 0 Å². The molecule has 0 bridgehead atoms. The van der Waals surface area contributed by atoms with E-state index in [2.05, 4.69) is 21.7 Å². The number of rotatable bonds is 18. The number of hydrogen-bond acceptors (Lipinski definition) is 6. The summed E-state index contributed by atoms with van der Waals surface area (Å²) in [5.41, 5.74) is 1.36. The summed E-state index contributed by atoms with van der Waals surface area (Å²) in [5.74, 6) is -0.370. The fourth-order valence-electron chi connectivity index (χ4n) is 3.37. The predicted octanol–water partition coefficient (Wildman–Crippen LogP) is 5.66. The van der Waals surface area contributed by atoms with Crippen molar-refractivity contribution in [1.82, 2.24) is 4.72 Å². The first kappa shape index (κ1) is 29.0. The molecule has 33 heavy (non-hydrogen) atoms. The molecule has 1 aromatic rings. The van der Waals surface area contributed by atoms with Gasteiger partial charge in [-0.15, -0.1) is 0 Å². The third-order valence-corrected chi connectivity index (χ3v) is 6.81. The number of sulfonamides is 1. The quantitative estimate of drug-likeness (QED) is 0.121.